The van der Waals surface area contributed by atoms with Gasteiger partial charge in [-0.25, -0.2) is 4.79 Å². The fraction of sp³-hybridized carbons (Fsp3) is 0.353. The van der Waals surface area contributed by atoms with E-state index in [4.69, 9.17) is 10.5 Å². The Balaban J connectivity index is 2.37. The number of amides is 1. The number of alkyl halides is 1. The predicted molar refractivity (Wildman–Crippen MR) is 87.3 cm³/mol. The van der Waals surface area contributed by atoms with E-state index < -0.39 is 22.4 Å². The third-order valence-corrected chi connectivity index (χ3v) is 3.83. The lowest BCUT2D eigenvalue weighted by atomic mass is 9.83. The van der Waals surface area contributed by atoms with Crippen LogP contribution in [0, 0.1) is 10.1 Å². The lowest BCUT2D eigenvalue weighted by molar-refractivity contribution is -0.592. The summed E-state index contributed by atoms with van der Waals surface area (Å²) in [6, 6.07) is 8.92. The van der Waals surface area contributed by atoms with Crippen molar-refractivity contribution in [2.24, 2.45) is 5.73 Å². The summed E-state index contributed by atoms with van der Waals surface area (Å²) in [5.41, 5.74) is 5.04. The molecule has 1 aliphatic carbocycles. The van der Waals surface area contributed by atoms with Gasteiger partial charge in [-0.2, -0.15) is 4.39 Å². The van der Waals surface area contributed by atoms with E-state index in [1.54, 1.807) is 30.3 Å². The van der Waals surface area contributed by atoms with Crippen molar-refractivity contribution < 1.29 is 18.8 Å². The van der Waals surface area contributed by atoms with Crippen molar-refractivity contribution >= 4 is 11.7 Å². The average Bonchev–Trinajstić information content (AvgIpc) is 2.48. The standard InChI is InChI=1S/C17H19FN2O4/c1-16(2,24-15(19)21)11-14-9-8-13(10-17(14,18)20(22)23)12-6-4-3-5-7-12/h3-9H,10-11H2,1-2H3,(H2,19,21). The summed E-state index contributed by atoms with van der Waals surface area (Å²) in [5, 5.41) is 11.4. The minimum atomic E-state index is -2.75. The summed E-state index contributed by atoms with van der Waals surface area (Å²) < 4.78 is 20.1. The molecule has 0 spiro atoms. The van der Waals surface area contributed by atoms with Gasteiger partial charge in [-0.3, -0.25) is 10.1 Å². The van der Waals surface area contributed by atoms with E-state index in [9.17, 15) is 14.9 Å². The molecule has 0 saturated carbocycles. The summed E-state index contributed by atoms with van der Waals surface area (Å²) >= 11 is 0. The summed E-state index contributed by atoms with van der Waals surface area (Å²) in [6.45, 7) is 3.05. The highest BCUT2D eigenvalue weighted by molar-refractivity contribution is 5.70. The van der Waals surface area contributed by atoms with Crippen LogP contribution in [0.4, 0.5) is 9.18 Å². The first-order chi connectivity index (χ1) is 11.1. The monoisotopic (exact) mass is 334 g/mol. The molecule has 0 aromatic heterocycles. The molecule has 1 aliphatic rings. The number of primary amides is 1. The largest absolute Gasteiger partial charge is 0.443 e. The summed E-state index contributed by atoms with van der Waals surface area (Å²) in [5.74, 6) is -2.75. The fourth-order valence-electron chi connectivity index (χ4n) is 2.75. The molecule has 0 bridgehead atoms. The Hall–Kier alpha value is -2.70. The van der Waals surface area contributed by atoms with Gasteiger partial charge in [0.2, 0.25) is 0 Å². The highest BCUT2D eigenvalue weighted by Gasteiger charge is 2.50. The number of carbonyl (C=O) groups is 1. The topological polar surface area (TPSA) is 95.5 Å². The molecule has 1 aromatic carbocycles. The van der Waals surface area contributed by atoms with Gasteiger partial charge in [0.05, 0.1) is 11.3 Å². The van der Waals surface area contributed by atoms with Crippen LogP contribution in [-0.2, 0) is 4.74 Å². The van der Waals surface area contributed by atoms with Crippen LogP contribution in [-0.4, -0.2) is 22.4 Å². The van der Waals surface area contributed by atoms with E-state index in [0.29, 0.717) is 5.57 Å². The van der Waals surface area contributed by atoms with Crippen LogP contribution < -0.4 is 5.73 Å². The predicted octanol–water partition coefficient (Wildman–Crippen LogP) is 3.61. The molecule has 128 valence electrons. The molecule has 6 nitrogen and oxygen atoms in total. The van der Waals surface area contributed by atoms with Gasteiger partial charge in [-0.15, -0.1) is 0 Å². The van der Waals surface area contributed by atoms with Crippen molar-refractivity contribution in [2.75, 3.05) is 0 Å². The van der Waals surface area contributed by atoms with Gasteiger partial charge in [0.25, 0.3) is 0 Å². The average molecular weight is 334 g/mol. The molecule has 1 atom stereocenters. The second-order valence-electron chi connectivity index (χ2n) is 6.30. The second-order valence-corrected chi connectivity index (χ2v) is 6.30. The highest BCUT2D eigenvalue weighted by atomic mass is 19.1. The van der Waals surface area contributed by atoms with Crippen molar-refractivity contribution in [2.45, 2.75) is 38.1 Å². The molecule has 0 aliphatic heterocycles. The maximum absolute atomic E-state index is 15.2. The minimum absolute atomic E-state index is 0.0570. The number of hydrogen-bond donors (Lipinski definition) is 1. The lowest BCUT2D eigenvalue weighted by Crippen LogP contribution is -2.41. The smallest absolute Gasteiger partial charge is 0.405 e. The number of allylic oxidation sites excluding steroid dienone is 2. The summed E-state index contributed by atoms with van der Waals surface area (Å²) in [7, 11) is 0. The van der Waals surface area contributed by atoms with Gasteiger partial charge in [-0.05, 0) is 25.0 Å². The first kappa shape index (κ1) is 17.7. The van der Waals surface area contributed by atoms with Crippen molar-refractivity contribution in [3.05, 3.63) is 63.7 Å². The van der Waals surface area contributed by atoms with Gasteiger partial charge in [0, 0.05) is 12.0 Å². The van der Waals surface area contributed by atoms with Crippen LogP contribution >= 0.6 is 0 Å². The number of carbonyl (C=O) groups excluding carboxylic acids is 1. The SMILES string of the molecule is CC(C)(CC1=CC=C(c2ccccc2)CC1(F)[N+](=O)[O-])OC(N)=O. The zero-order valence-electron chi connectivity index (χ0n) is 13.5. The van der Waals surface area contributed by atoms with Crippen LogP contribution in [0.5, 0.6) is 0 Å². The number of benzene rings is 1. The number of nitro groups is 1. The first-order valence-corrected chi connectivity index (χ1v) is 7.41. The van der Waals surface area contributed by atoms with E-state index in [1.807, 2.05) is 6.07 Å². The molecule has 1 amide bonds. The first-order valence-electron chi connectivity index (χ1n) is 7.41. The van der Waals surface area contributed by atoms with Crippen LogP contribution in [0.25, 0.3) is 5.57 Å². The molecule has 1 unspecified atom stereocenters. The van der Waals surface area contributed by atoms with Gasteiger partial charge in [0.15, 0.2) is 0 Å². The lowest BCUT2D eigenvalue weighted by Gasteiger charge is -2.30. The second kappa shape index (κ2) is 6.43. The van der Waals surface area contributed by atoms with Crippen LogP contribution in [0.1, 0.15) is 32.3 Å². The normalized spacial score (nSPS) is 20.8. The van der Waals surface area contributed by atoms with Gasteiger partial charge in [0.1, 0.15) is 5.60 Å². The van der Waals surface area contributed by atoms with E-state index in [0.717, 1.165) is 5.56 Å². The molecule has 2 N–H and O–H groups in total. The Labute approximate surface area is 138 Å². The van der Waals surface area contributed by atoms with Crippen LogP contribution in [0.15, 0.2) is 48.1 Å². The molecule has 1 aromatic rings. The van der Waals surface area contributed by atoms with E-state index in [2.05, 4.69) is 0 Å². The number of ether oxygens (including phenoxy) is 1. The van der Waals surface area contributed by atoms with Crippen molar-refractivity contribution in [1.29, 1.82) is 0 Å². The summed E-state index contributed by atoms with van der Waals surface area (Å²) in [6.07, 6.45) is 1.52. The minimum Gasteiger partial charge on any atom is -0.443 e. The quantitative estimate of drug-likeness (QED) is 0.505. The molecular weight excluding hydrogens is 315 g/mol. The number of hydrogen-bond acceptors (Lipinski definition) is 4. The number of nitrogens with zero attached hydrogens (tertiary/aromatic N) is 1. The zero-order chi connectivity index (χ0) is 18.0. The third kappa shape index (κ3) is 3.79. The van der Waals surface area contributed by atoms with Crippen LogP contribution in [0.2, 0.25) is 0 Å². The fourth-order valence-corrected chi connectivity index (χ4v) is 2.75. The van der Waals surface area contributed by atoms with Gasteiger partial charge < -0.3 is 10.5 Å². The number of rotatable bonds is 5. The maximum atomic E-state index is 15.2. The van der Waals surface area contributed by atoms with Crippen molar-refractivity contribution in [3.8, 4) is 0 Å². The van der Waals surface area contributed by atoms with E-state index >= 15 is 4.39 Å². The maximum Gasteiger partial charge on any atom is 0.405 e. The Bertz CT molecular complexity index is 713. The van der Waals surface area contributed by atoms with Crippen molar-refractivity contribution in [3.63, 3.8) is 0 Å². The van der Waals surface area contributed by atoms with Crippen LogP contribution in [0.3, 0.4) is 0 Å². The third-order valence-electron chi connectivity index (χ3n) is 3.83. The number of halogens is 1. The Morgan fingerprint density at radius 1 is 1.38 bits per heavy atom. The highest BCUT2D eigenvalue weighted by Crippen LogP contribution is 2.41. The Morgan fingerprint density at radius 2 is 2.00 bits per heavy atom. The van der Waals surface area contributed by atoms with Crippen molar-refractivity contribution in [1.82, 2.24) is 0 Å². The van der Waals surface area contributed by atoms with E-state index in [1.165, 1.54) is 19.9 Å². The Morgan fingerprint density at radius 3 is 2.54 bits per heavy atom. The molecule has 0 heterocycles. The molecule has 0 fully saturated rings. The molecule has 24 heavy (non-hydrogen) atoms. The molecule has 0 radical (unpaired) electrons. The molecule has 2 rings (SSSR count). The van der Waals surface area contributed by atoms with Gasteiger partial charge >= 0.3 is 11.9 Å². The molecule has 0 saturated heterocycles. The van der Waals surface area contributed by atoms with Gasteiger partial charge in [-0.1, -0.05) is 42.5 Å². The Kier molecular flexibility index (Phi) is 4.73. The van der Waals surface area contributed by atoms with E-state index in [-0.39, 0.29) is 18.4 Å². The number of nitrogens with two attached hydrogens (primary N) is 1. The molecular formula is C17H19FN2O4. The molecule has 7 heteroatoms. The summed E-state index contributed by atoms with van der Waals surface area (Å²) in [4.78, 5) is 21.4. The zero-order valence-corrected chi connectivity index (χ0v) is 13.5.